The highest BCUT2D eigenvalue weighted by Crippen LogP contribution is 2.29. The van der Waals surface area contributed by atoms with Crippen molar-refractivity contribution in [3.63, 3.8) is 0 Å². The van der Waals surface area contributed by atoms with E-state index < -0.39 is 17.7 Å². The van der Waals surface area contributed by atoms with Crippen LogP contribution in [0.4, 0.5) is 13.2 Å². The summed E-state index contributed by atoms with van der Waals surface area (Å²) in [5.74, 6) is -1.02. The van der Waals surface area contributed by atoms with Crippen molar-refractivity contribution < 1.29 is 23.1 Å². The van der Waals surface area contributed by atoms with Gasteiger partial charge in [-0.15, -0.1) is 0 Å². The molecule has 5 heteroatoms. The lowest BCUT2D eigenvalue weighted by molar-refractivity contribution is -0.137. The van der Waals surface area contributed by atoms with Crippen molar-refractivity contribution in [2.24, 2.45) is 0 Å². The predicted octanol–water partition coefficient (Wildman–Crippen LogP) is 3.75. The maximum absolute atomic E-state index is 12.3. The Bertz CT molecular complexity index is 359. The predicted molar refractivity (Wildman–Crippen MR) is 58.7 cm³/mol. The molecular weight excluding hydrogens is 233 g/mol. The summed E-state index contributed by atoms with van der Waals surface area (Å²) in [7, 11) is 0. The third-order valence-corrected chi connectivity index (χ3v) is 1.88. The van der Waals surface area contributed by atoms with Crippen LogP contribution in [0.2, 0.25) is 0 Å². The van der Waals surface area contributed by atoms with Crippen molar-refractivity contribution in [2.45, 2.75) is 32.9 Å². The van der Waals surface area contributed by atoms with Crippen LogP contribution in [0.15, 0.2) is 24.3 Å². The summed E-state index contributed by atoms with van der Waals surface area (Å²) < 4.78 is 36.8. The van der Waals surface area contributed by atoms with Gasteiger partial charge in [-0.3, -0.25) is 4.79 Å². The lowest BCUT2D eigenvalue weighted by Crippen LogP contribution is -2.05. The number of carboxylic acids is 1. The van der Waals surface area contributed by atoms with Crippen molar-refractivity contribution in [1.29, 1.82) is 0 Å². The molecule has 0 amide bonds. The fourth-order valence-corrected chi connectivity index (χ4v) is 1.15. The van der Waals surface area contributed by atoms with Crippen molar-refractivity contribution >= 4 is 5.97 Å². The van der Waals surface area contributed by atoms with Gasteiger partial charge in [-0.05, 0) is 18.1 Å². The Hall–Kier alpha value is -1.52. The highest BCUT2D eigenvalue weighted by molar-refractivity contribution is 5.67. The monoisotopic (exact) mass is 248 g/mol. The number of carboxylic acid groups (broad SMARTS) is 1. The number of benzene rings is 1. The van der Waals surface area contributed by atoms with E-state index in [1.807, 2.05) is 13.8 Å². The van der Waals surface area contributed by atoms with E-state index in [-0.39, 0.29) is 12.8 Å². The number of carbonyl (C=O) groups is 1. The molecule has 1 rings (SSSR count). The molecule has 0 atom stereocenters. The van der Waals surface area contributed by atoms with Crippen molar-refractivity contribution in [3.8, 4) is 0 Å². The third kappa shape index (κ3) is 5.94. The first-order valence-corrected chi connectivity index (χ1v) is 5.27. The first-order valence-electron chi connectivity index (χ1n) is 5.27. The molecule has 0 aliphatic carbocycles. The van der Waals surface area contributed by atoms with Gasteiger partial charge in [0.2, 0.25) is 0 Å². The van der Waals surface area contributed by atoms with E-state index in [2.05, 4.69) is 0 Å². The van der Waals surface area contributed by atoms with E-state index in [1.165, 1.54) is 12.1 Å². The Labute approximate surface area is 98.1 Å². The molecule has 1 aromatic rings. The standard InChI is InChI=1S/C10H9F3O2.C2H6/c11-10(12,13)8-3-1-2-7(6-8)4-5-9(14)15;1-2/h1-3,6H,4-5H2,(H,14,15);1-2H3. The molecule has 17 heavy (non-hydrogen) atoms. The molecule has 96 valence electrons. The average molecular weight is 248 g/mol. The van der Waals surface area contributed by atoms with Crippen LogP contribution in [0, 0.1) is 0 Å². The number of halogens is 3. The summed E-state index contributed by atoms with van der Waals surface area (Å²) in [6, 6.07) is 4.70. The molecule has 0 saturated heterocycles. The lowest BCUT2D eigenvalue weighted by atomic mass is 10.1. The molecule has 0 fully saturated rings. The van der Waals surface area contributed by atoms with Crippen LogP contribution in [0.5, 0.6) is 0 Å². The van der Waals surface area contributed by atoms with E-state index in [9.17, 15) is 18.0 Å². The Morgan fingerprint density at radius 1 is 1.29 bits per heavy atom. The fraction of sp³-hybridized carbons (Fsp3) is 0.417. The largest absolute Gasteiger partial charge is 0.481 e. The average Bonchev–Trinajstić information content (AvgIpc) is 2.28. The van der Waals surface area contributed by atoms with Crippen molar-refractivity contribution in [1.82, 2.24) is 0 Å². The maximum atomic E-state index is 12.3. The van der Waals surface area contributed by atoms with Crippen LogP contribution in [-0.4, -0.2) is 11.1 Å². The van der Waals surface area contributed by atoms with E-state index in [1.54, 1.807) is 0 Å². The van der Waals surface area contributed by atoms with Crippen LogP contribution in [0.3, 0.4) is 0 Å². The third-order valence-electron chi connectivity index (χ3n) is 1.88. The van der Waals surface area contributed by atoms with E-state index in [0.717, 1.165) is 12.1 Å². The second-order valence-corrected chi connectivity index (χ2v) is 3.09. The van der Waals surface area contributed by atoms with Gasteiger partial charge in [-0.25, -0.2) is 0 Å². The minimum atomic E-state index is -4.38. The quantitative estimate of drug-likeness (QED) is 0.884. The van der Waals surface area contributed by atoms with E-state index in [4.69, 9.17) is 5.11 Å². The Morgan fingerprint density at radius 3 is 2.35 bits per heavy atom. The maximum Gasteiger partial charge on any atom is 0.416 e. The summed E-state index contributed by atoms with van der Waals surface area (Å²) in [4.78, 5) is 10.2. The van der Waals surface area contributed by atoms with Crippen molar-refractivity contribution in [3.05, 3.63) is 35.4 Å². The van der Waals surface area contributed by atoms with Crippen LogP contribution in [0.1, 0.15) is 31.4 Å². The molecule has 1 N–H and O–H groups in total. The smallest absolute Gasteiger partial charge is 0.416 e. The zero-order chi connectivity index (χ0) is 13.5. The van der Waals surface area contributed by atoms with E-state index in [0.29, 0.717) is 5.56 Å². The molecule has 0 bridgehead atoms. The number of rotatable bonds is 3. The van der Waals surface area contributed by atoms with Gasteiger partial charge in [0.15, 0.2) is 0 Å². The molecule has 0 unspecified atom stereocenters. The second-order valence-electron chi connectivity index (χ2n) is 3.09. The molecule has 0 aromatic heterocycles. The molecule has 0 aliphatic heterocycles. The topological polar surface area (TPSA) is 37.3 Å². The summed E-state index contributed by atoms with van der Waals surface area (Å²) >= 11 is 0. The van der Waals surface area contributed by atoms with Gasteiger partial charge in [0.1, 0.15) is 0 Å². The van der Waals surface area contributed by atoms with Gasteiger partial charge in [0, 0.05) is 6.42 Å². The fourth-order valence-electron chi connectivity index (χ4n) is 1.15. The Morgan fingerprint density at radius 2 is 1.88 bits per heavy atom. The van der Waals surface area contributed by atoms with Gasteiger partial charge >= 0.3 is 12.1 Å². The summed E-state index contributed by atoms with van der Waals surface area (Å²) in [5, 5.41) is 8.38. The van der Waals surface area contributed by atoms with E-state index >= 15 is 0 Å². The number of hydrogen-bond donors (Lipinski definition) is 1. The number of aryl methyl sites for hydroxylation is 1. The SMILES string of the molecule is CC.O=C(O)CCc1cccc(C(F)(F)F)c1. The number of hydrogen-bond acceptors (Lipinski definition) is 1. The van der Waals surface area contributed by atoms with Gasteiger partial charge in [0.25, 0.3) is 0 Å². The normalized spacial score (nSPS) is 10.4. The highest BCUT2D eigenvalue weighted by atomic mass is 19.4. The summed E-state index contributed by atoms with van der Waals surface area (Å²) in [6.07, 6.45) is -4.43. The molecule has 0 saturated carbocycles. The number of alkyl halides is 3. The first kappa shape index (κ1) is 15.5. The van der Waals surface area contributed by atoms with Crippen LogP contribution >= 0.6 is 0 Å². The number of aliphatic carboxylic acids is 1. The highest BCUT2D eigenvalue weighted by Gasteiger charge is 2.30. The molecule has 1 aromatic carbocycles. The van der Waals surface area contributed by atoms with Crippen molar-refractivity contribution in [2.75, 3.05) is 0 Å². The van der Waals surface area contributed by atoms with Gasteiger partial charge < -0.3 is 5.11 Å². The van der Waals surface area contributed by atoms with Gasteiger partial charge in [-0.1, -0.05) is 32.0 Å². The van der Waals surface area contributed by atoms with Gasteiger partial charge in [0.05, 0.1) is 5.56 Å². The summed E-state index contributed by atoms with van der Waals surface area (Å²) in [6.45, 7) is 4.00. The second kappa shape index (κ2) is 6.93. The molecule has 0 heterocycles. The Balaban J connectivity index is 0.00000121. The molecular formula is C12H15F3O2. The lowest BCUT2D eigenvalue weighted by Gasteiger charge is -2.07. The van der Waals surface area contributed by atoms with Crippen LogP contribution in [-0.2, 0) is 17.4 Å². The minimum absolute atomic E-state index is 0.110. The molecule has 2 nitrogen and oxygen atoms in total. The van der Waals surface area contributed by atoms with Crippen LogP contribution in [0.25, 0.3) is 0 Å². The van der Waals surface area contributed by atoms with Crippen LogP contribution < -0.4 is 0 Å². The zero-order valence-corrected chi connectivity index (χ0v) is 9.71. The molecule has 0 aliphatic rings. The molecule has 0 spiro atoms. The summed E-state index contributed by atoms with van der Waals surface area (Å²) in [5.41, 5.74) is -0.363. The Kier molecular flexibility index (Phi) is 6.31. The first-order chi connectivity index (χ1) is 7.89. The van der Waals surface area contributed by atoms with Gasteiger partial charge in [-0.2, -0.15) is 13.2 Å². The molecule has 0 radical (unpaired) electrons. The minimum Gasteiger partial charge on any atom is -0.481 e. The zero-order valence-electron chi connectivity index (χ0n) is 9.71.